The molecule has 5 rings (SSSR count). The van der Waals surface area contributed by atoms with Gasteiger partial charge in [0.1, 0.15) is 0 Å². The van der Waals surface area contributed by atoms with Crippen LogP contribution in [0.1, 0.15) is 49.9 Å². The van der Waals surface area contributed by atoms with Gasteiger partial charge in [0.25, 0.3) is 5.89 Å². The SMILES string of the molecule is CCCN1CCc2c(ccc(-c3noc(-c4ccc5c(ccn5C(C)C)c4)n3)c2C)C1. The maximum Gasteiger partial charge on any atom is 0.258 e. The molecule has 0 spiro atoms. The third-order valence-electron chi connectivity index (χ3n) is 6.50. The van der Waals surface area contributed by atoms with Crippen LogP contribution in [0, 0.1) is 6.92 Å². The minimum atomic E-state index is 0.430. The van der Waals surface area contributed by atoms with Gasteiger partial charge >= 0.3 is 0 Å². The van der Waals surface area contributed by atoms with E-state index in [1.165, 1.54) is 40.6 Å². The Bertz CT molecular complexity index is 1230. The Morgan fingerprint density at radius 2 is 2.00 bits per heavy atom. The van der Waals surface area contributed by atoms with Gasteiger partial charge in [-0.1, -0.05) is 24.2 Å². The van der Waals surface area contributed by atoms with E-state index in [0.717, 1.165) is 30.6 Å². The Balaban J connectivity index is 1.45. The lowest BCUT2D eigenvalue weighted by Gasteiger charge is -2.29. The van der Waals surface area contributed by atoms with Gasteiger partial charge in [0.15, 0.2) is 0 Å². The quantitative estimate of drug-likeness (QED) is 0.401. The summed E-state index contributed by atoms with van der Waals surface area (Å²) in [6, 6.07) is 13.3. The predicted octanol–water partition coefficient (Wildman–Crippen LogP) is 6.02. The lowest BCUT2D eigenvalue weighted by atomic mass is 9.91. The summed E-state index contributed by atoms with van der Waals surface area (Å²) in [5, 5.41) is 5.52. The molecule has 0 N–H and O–H groups in total. The molecule has 0 atom stereocenters. The average molecular weight is 415 g/mol. The summed E-state index contributed by atoms with van der Waals surface area (Å²) in [5.41, 5.74) is 7.42. The normalized spacial score (nSPS) is 14.5. The van der Waals surface area contributed by atoms with Gasteiger partial charge in [-0.15, -0.1) is 0 Å². The summed E-state index contributed by atoms with van der Waals surface area (Å²) in [6.07, 6.45) is 4.42. The van der Waals surface area contributed by atoms with E-state index < -0.39 is 0 Å². The Morgan fingerprint density at radius 3 is 2.81 bits per heavy atom. The van der Waals surface area contributed by atoms with Gasteiger partial charge in [-0.3, -0.25) is 4.90 Å². The second-order valence-corrected chi connectivity index (χ2v) is 8.92. The van der Waals surface area contributed by atoms with Gasteiger partial charge in [0.05, 0.1) is 0 Å². The molecule has 0 radical (unpaired) electrons. The van der Waals surface area contributed by atoms with Crippen molar-refractivity contribution in [2.24, 2.45) is 0 Å². The summed E-state index contributed by atoms with van der Waals surface area (Å²) < 4.78 is 7.95. The molecule has 0 bridgehead atoms. The van der Waals surface area contributed by atoms with Gasteiger partial charge < -0.3 is 9.09 Å². The number of nitrogens with zero attached hydrogens (tertiary/aromatic N) is 4. The third kappa shape index (κ3) is 3.57. The number of hydrogen-bond acceptors (Lipinski definition) is 4. The van der Waals surface area contributed by atoms with E-state index in [1.807, 2.05) is 0 Å². The minimum absolute atomic E-state index is 0.430. The molecule has 4 aromatic rings. The van der Waals surface area contributed by atoms with Crippen molar-refractivity contribution in [3.05, 3.63) is 59.3 Å². The number of aromatic nitrogens is 3. The molecule has 2 aromatic carbocycles. The maximum absolute atomic E-state index is 5.68. The lowest BCUT2D eigenvalue weighted by molar-refractivity contribution is 0.254. The van der Waals surface area contributed by atoms with E-state index in [4.69, 9.17) is 9.51 Å². The smallest absolute Gasteiger partial charge is 0.258 e. The van der Waals surface area contributed by atoms with Crippen molar-refractivity contribution >= 4 is 10.9 Å². The van der Waals surface area contributed by atoms with Crippen molar-refractivity contribution in [3.63, 3.8) is 0 Å². The Morgan fingerprint density at radius 1 is 1.13 bits per heavy atom. The molecule has 0 unspecified atom stereocenters. The zero-order chi connectivity index (χ0) is 21.5. The fourth-order valence-electron chi connectivity index (χ4n) is 4.85. The number of rotatable bonds is 5. The zero-order valence-corrected chi connectivity index (χ0v) is 18.9. The first-order chi connectivity index (χ1) is 15.0. The highest BCUT2D eigenvalue weighted by atomic mass is 16.5. The molecule has 160 valence electrons. The topological polar surface area (TPSA) is 47.1 Å². The second kappa shape index (κ2) is 7.97. The molecule has 31 heavy (non-hydrogen) atoms. The molecule has 0 fully saturated rings. The molecule has 1 aliphatic heterocycles. The van der Waals surface area contributed by atoms with Crippen LogP contribution in [0.4, 0.5) is 0 Å². The fraction of sp³-hybridized carbons (Fsp3) is 0.385. The monoisotopic (exact) mass is 414 g/mol. The van der Waals surface area contributed by atoms with Crippen LogP contribution >= 0.6 is 0 Å². The van der Waals surface area contributed by atoms with Crippen LogP contribution in [0.25, 0.3) is 33.7 Å². The first-order valence-corrected chi connectivity index (χ1v) is 11.3. The van der Waals surface area contributed by atoms with Gasteiger partial charge in [0.2, 0.25) is 5.82 Å². The minimum Gasteiger partial charge on any atom is -0.345 e. The molecule has 0 aliphatic carbocycles. The number of benzene rings is 2. The highest BCUT2D eigenvalue weighted by Gasteiger charge is 2.21. The van der Waals surface area contributed by atoms with Crippen molar-refractivity contribution in [2.45, 2.75) is 53.1 Å². The van der Waals surface area contributed by atoms with E-state index in [9.17, 15) is 0 Å². The molecular weight excluding hydrogens is 384 g/mol. The predicted molar refractivity (Wildman–Crippen MR) is 125 cm³/mol. The van der Waals surface area contributed by atoms with Gasteiger partial charge in [-0.05, 0) is 81.1 Å². The fourth-order valence-corrected chi connectivity index (χ4v) is 4.85. The van der Waals surface area contributed by atoms with Gasteiger partial charge in [0, 0.05) is 47.4 Å². The van der Waals surface area contributed by atoms with E-state index in [1.54, 1.807) is 0 Å². The third-order valence-corrected chi connectivity index (χ3v) is 6.50. The largest absolute Gasteiger partial charge is 0.345 e. The summed E-state index contributed by atoms with van der Waals surface area (Å²) in [6.45, 7) is 12.2. The van der Waals surface area contributed by atoms with Crippen LogP contribution in [0.5, 0.6) is 0 Å². The van der Waals surface area contributed by atoms with Crippen molar-refractivity contribution in [1.29, 1.82) is 0 Å². The van der Waals surface area contributed by atoms with Gasteiger partial charge in [-0.25, -0.2) is 0 Å². The summed E-state index contributed by atoms with van der Waals surface area (Å²) in [5.74, 6) is 1.24. The summed E-state index contributed by atoms with van der Waals surface area (Å²) >= 11 is 0. The lowest BCUT2D eigenvalue weighted by Crippen LogP contribution is -2.31. The molecule has 0 amide bonds. The molecule has 0 saturated heterocycles. The maximum atomic E-state index is 5.68. The Labute approximate surface area is 183 Å². The summed E-state index contributed by atoms with van der Waals surface area (Å²) in [7, 11) is 0. The molecule has 5 heteroatoms. The van der Waals surface area contributed by atoms with E-state index in [-0.39, 0.29) is 0 Å². The van der Waals surface area contributed by atoms with Gasteiger partial charge in [-0.2, -0.15) is 4.98 Å². The highest BCUT2D eigenvalue weighted by molar-refractivity contribution is 5.84. The molecule has 3 heterocycles. The average Bonchev–Trinajstić information content (AvgIpc) is 3.41. The van der Waals surface area contributed by atoms with Crippen molar-refractivity contribution in [2.75, 3.05) is 13.1 Å². The Kier molecular flexibility index (Phi) is 5.14. The van der Waals surface area contributed by atoms with Crippen molar-refractivity contribution in [3.8, 4) is 22.8 Å². The molecular formula is C26H30N4O. The number of hydrogen-bond donors (Lipinski definition) is 0. The van der Waals surface area contributed by atoms with Crippen molar-refractivity contribution in [1.82, 2.24) is 19.6 Å². The standard InChI is InChI=1S/C26H30N4O/c1-5-12-29-13-11-22-18(4)23(8-6-21(22)16-29)25-27-26(31-28-25)20-7-9-24-19(15-20)10-14-30(24)17(2)3/h6-10,14-15,17H,5,11-13,16H2,1-4H3. The molecule has 2 aromatic heterocycles. The van der Waals surface area contributed by atoms with Crippen LogP contribution in [-0.4, -0.2) is 32.7 Å². The Hall–Kier alpha value is -2.92. The highest BCUT2D eigenvalue weighted by Crippen LogP contribution is 2.32. The van der Waals surface area contributed by atoms with E-state index in [0.29, 0.717) is 17.8 Å². The van der Waals surface area contributed by atoms with Crippen LogP contribution in [0.15, 0.2) is 47.1 Å². The first kappa shape index (κ1) is 20.0. The van der Waals surface area contributed by atoms with E-state index in [2.05, 4.69) is 84.9 Å². The van der Waals surface area contributed by atoms with Crippen LogP contribution in [-0.2, 0) is 13.0 Å². The summed E-state index contributed by atoms with van der Waals surface area (Å²) in [4.78, 5) is 7.30. The first-order valence-electron chi connectivity index (χ1n) is 11.3. The van der Waals surface area contributed by atoms with Crippen LogP contribution < -0.4 is 0 Å². The molecule has 1 aliphatic rings. The van der Waals surface area contributed by atoms with E-state index >= 15 is 0 Å². The number of fused-ring (bicyclic) bond motifs is 2. The second-order valence-electron chi connectivity index (χ2n) is 8.92. The van der Waals surface area contributed by atoms with Crippen LogP contribution in [0.3, 0.4) is 0 Å². The van der Waals surface area contributed by atoms with Crippen LogP contribution in [0.2, 0.25) is 0 Å². The van der Waals surface area contributed by atoms with Crippen molar-refractivity contribution < 1.29 is 4.52 Å². The zero-order valence-electron chi connectivity index (χ0n) is 18.9. The molecule has 5 nitrogen and oxygen atoms in total. The molecule has 0 saturated carbocycles.